The fourth-order valence-corrected chi connectivity index (χ4v) is 6.37. The van der Waals surface area contributed by atoms with E-state index in [4.69, 9.17) is 4.98 Å². The lowest BCUT2D eigenvalue weighted by Gasteiger charge is -2.56. The molecule has 9 nitrogen and oxygen atoms in total. The summed E-state index contributed by atoms with van der Waals surface area (Å²) in [6.45, 7) is 8.01. The second-order valence-electron chi connectivity index (χ2n) is 11.5. The molecular weight excluding hydrogens is 488 g/mol. The molecule has 0 amide bonds. The van der Waals surface area contributed by atoms with Crippen LogP contribution in [0.25, 0.3) is 16.6 Å². The average molecular weight is 521 g/mol. The van der Waals surface area contributed by atoms with Gasteiger partial charge in [0.05, 0.1) is 34.8 Å². The Labute approximate surface area is 227 Å². The van der Waals surface area contributed by atoms with E-state index in [1.807, 2.05) is 25.5 Å². The number of nitrogens with zero attached hydrogens (tertiary/aromatic N) is 8. The first-order chi connectivity index (χ1) is 18.9. The van der Waals surface area contributed by atoms with Gasteiger partial charge in [0.15, 0.2) is 0 Å². The number of aryl methyl sites for hydroxylation is 1. The number of piperidine rings is 1. The summed E-state index contributed by atoms with van der Waals surface area (Å²) < 4.78 is 1.77. The van der Waals surface area contributed by atoms with Crippen molar-refractivity contribution in [3.8, 4) is 17.2 Å². The molecule has 4 aromatic rings. The standard InChI is InChI=1S/C30H32N8O/c1-3-23-6-4-20(11-32-23)14-37-25-8-26(37)16-35(15-25)28-7-5-21(12-33-28)27-9-24(36-18-30(2,39)19-36)17-38-29(27)22(10-31)13-34-38/h4-7,9,11-13,17,25-26,39H,3,8,14-16,18-19H2,1-2H3. The van der Waals surface area contributed by atoms with E-state index in [2.05, 4.69) is 68.1 Å². The van der Waals surface area contributed by atoms with Crippen LogP contribution in [0.5, 0.6) is 0 Å². The highest BCUT2D eigenvalue weighted by Gasteiger charge is 2.44. The van der Waals surface area contributed by atoms with E-state index in [1.165, 1.54) is 12.0 Å². The van der Waals surface area contributed by atoms with Crippen molar-refractivity contribution in [2.24, 2.45) is 0 Å². The van der Waals surface area contributed by atoms with Crippen molar-refractivity contribution in [2.45, 2.75) is 50.9 Å². The third-order valence-electron chi connectivity index (χ3n) is 8.49. The van der Waals surface area contributed by atoms with Crippen LogP contribution in [0.1, 0.15) is 37.1 Å². The van der Waals surface area contributed by atoms with Crippen molar-refractivity contribution in [2.75, 3.05) is 36.0 Å². The smallest absolute Gasteiger partial charge is 0.128 e. The molecule has 2 unspecified atom stereocenters. The summed E-state index contributed by atoms with van der Waals surface area (Å²) in [6.07, 6.45) is 9.68. The lowest BCUT2D eigenvalue weighted by molar-refractivity contribution is -0.00876. The van der Waals surface area contributed by atoms with Gasteiger partial charge in [-0.25, -0.2) is 9.50 Å². The molecule has 2 atom stereocenters. The van der Waals surface area contributed by atoms with Crippen LogP contribution < -0.4 is 9.80 Å². The summed E-state index contributed by atoms with van der Waals surface area (Å²) in [4.78, 5) is 16.6. The Morgan fingerprint density at radius 3 is 2.51 bits per heavy atom. The number of aliphatic hydroxyl groups is 1. The number of anilines is 2. The summed E-state index contributed by atoms with van der Waals surface area (Å²) in [5.74, 6) is 0.988. The van der Waals surface area contributed by atoms with Gasteiger partial charge in [0.2, 0.25) is 0 Å². The summed E-state index contributed by atoms with van der Waals surface area (Å²) in [5, 5.41) is 24.4. The third-order valence-corrected chi connectivity index (χ3v) is 8.49. The van der Waals surface area contributed by atoms with Gasteiger partial charge in [-0.1, -0.05) is 13.0 Å². The molecule has 4 saturated heterocycles. The van der Waals surface area contributed by atoms with Gasteiger partial charge >= 0.3 is 0 Å². The van der Waals surface area contributed by atoms with Crippen molar-refractivity contribution < 1.29 is 5.11 Å². The second-order valence-corrected chi connectivity index (χ2v) is 11.5. The van der Waals surface area contributed by atoms with Crippen LogP contribution in [0, 0.1) is 11.3 Å². The van der Waals surface area contributed by atoms with Crippen LogP contribution in [0.15, 0.2) is 55.1 Å². The van der Waals surface area contributed by atoms with Gasteiger partial charge in [-0.2, -0.15) is 10.4 Å². The maximum atomic E-state index is 10.2. The van der Waals surface area contributed by atoms with Gasteiger partial charge in [0, 0.05) is 74.0 Å². The third kappa shape index (κ3) is 4.20. The predicted octanol–water partition coefficient (Wildman–Crippen LogP) is 3.26. The zero-order valence-electron chi connectivity index (χ0n) is 22.3. The zero-order chi connectivity index (χ0) is 26.7. The van der Waals surface area contributed by atoms with Crippen LogP contribution in [-0.4, -0.2) is 73.5 Å². The van der Waals surface area contributed by atoms with E-state index in [1.54, 1.807) is 10.7 Å². The first-order valence-electron chi connectivity index (χ1n) is 13.7. The molecule has 8 heterocycles. The molecule has 0 aromatic carbocycles. The number of hydrogen-bond acceptors (Lipinski definition) is 8. The number of rotatable bonds is 6. The molecule has 2 bridgehead atoms. The van der Waals surface area contributed by atoms with Crippen LogP contribution in [0.3, 0.4) is 0 Å². The lowest BCUT2D eigenvalue weighted by Crippen LogP contribution is -2.68. The van der Waals surface area contributed by atoms with Gasteiger partial charge in [0.25, 0.3) is 0 Å². The van der Waals surface area contributed by atoms with Crippen LogP contribution >= 0.6 is 0 Å². The van der Waals surface area contributed by atoms with Gasteiger partial charge < -0.3 is 14.9 Å². The zero-order valence-corrected chi connectivity index (χ0v) is 22.3. The van der Waals surface area contributed by atoms with E-state index in [9.17, 15) is 10.4 Å². The Bertz CT molecular complexity index is 1550. The number of aromatic nitrogens is 4. The molecule has 1 N–H and O–H groups in total. The van der Waals surface area contributed by atoms with Crippen molar-refractivity contribution in [3.05, 3.63) is 71.9 Å². The number of fused-ring (bicyclic) bond motifs is 3. The fourth-order valence-electron chi connectivity index (χ4n) is 6.37. The van der Waals surface area contributed by atoms with Crippen molar-refractivity contribution in [3.63, 3.8) is 0 Å². The maximum absolute atomic E-state index is 10.2. The Morgan fingerprint density at radius 1 is 1.05 bits per heavy atom. The fraction of sp³-hybridized carbons (Fsp3) is 0.400. The Morgan fingerprint density at radius 2 is 1.87 bits per heavy atom. The van der Waals surface area contributed by atoms with Crippen molar-refractivity contribution >= 4 is 17.0 Å². The Balaban J connectivity index is 1.10. The number of β-amino-alcohol motifs (C(OH)–C–C–N with tert-alkyl or cyclic N) is 1. The van der Waals surface area contributed by atoms with Gasteiger partial charge in [-0.05, 0) is 49.6 Å². The molecular formula is C30H32N8O. The highest BCUT2D eigenvalue weighted by molar-refractivity contribution is 5.86. The monoisotopic (exact) mass is 520 g/mol. The van der Waals surface area contributed by atoms with Gasteiger partial charge in [0.1, 0.15) is 11.9 Å². The number of piperazine rings is 1. The number of hydrogen-bond donors (Lipinski definition) is 1. The SMILES string of the molecule is CCc1ccc(CN2C3CC2CN(c2ccc(-c4cc(N5CC(C)(O)C5)cn5ncc(C#N)c45)cn2)C3)cn1. The molecule has 8 rings (SSSR count). The topological polar surface area (TPSA) is 96.8 Å². The predicted molar refractivity (Wildman–Crippen MR) is 150 cm³/mol. The quantitative estimate of drug-likeness (QED) is 0.414. The largest absolute Gasteiger partial charge is 0.386 e. The summed E-state index contributed by atoms with van der Waals surface area (Å²) in [7, 11) is 0. The summed E-state index contributed by atoms with van der Waals surface area (Å²) >= 11 is 0. The van der Waals surface area contributed by atoms with Gasteiger partial charge in [-0.3, -0.25) is 9.88 Å². The molecule has 0 radical (unpaired) electrons. The molecule has 4 aliphatic rings. The molecule has 0 spiro atoms. The molecule has 4 aromatic heterocycles. The molecule has 0 saturated carbocycles. The average Bonchev–Trinajstić information content (AvgIpc) is 3.38. The van der Waals surface area contributed by atoms with E-state index < -0.39 is 5.60 Å². The van der Waals surface area contributed by atoms with E-state index in [0.717, 1.165) is 59.9 Å². The number of nitriles is 1. The Kier molecular flexibility index (Phi) is 5.58. The normalized spacial score (nSPS) is 21.9. The highest BCUT2D eigenvalue weighted by atomic mass is 16.3. The molecule has 0 aliphatic carbocycles. The molecule has 39 heavy (non-hydrogen) atoms. The van der Waals surface area contributed by atoms with Crippen molar-refractivity contribution in [1.82, 2.24) is 24.5 Å². The Hall–Kier alpha value is -4.00. The minimum absolute atomic E-state index is 0.533. The molecule has 198 valence electrons. The number of pyridine rings is 3. The minimum atomic E-state index is -0.679. The molecule has 9 heteroatoms. The second kappa shape index (κ2) is 9.04. The lowest BCUT2D eigenvalue weighted by atomic mass is 9.87. The van der Waals surface area contributed by atoms with Crippen molar-refractivity contribution in [1.29, 1.82) is 5.26 Å². The van der Waals surface area contributed by atoms with Crippen LogP contribution in [0.2, 0.25) is 0 Å². The molecule has 4 aliphatic heterocycles. The van der Waals surface area contributed by atoms with E-state index in [0.29, 0.717) is 30.7 Å². The van der Waals surface area contributed by atoms with E-state index >= 15 is 0 Å². The van der Waals surface area contributed by atoms with E-state index in [-0.39, 0.29) is 0 Å². The first-order valence-corrected chi connectivity index (χ1v) is 13.7. The molecule has 4 fully saturated rings. The summed E-state index contributed by atoms with van der Waals surface area (Å²) in [5.41, 5.74) is 5.89. The highest BCUT2D eigenvalue weighted by Crippen LogP contribution is 2.37. The van der Waals surface area contributed by atoms with Crippen LogP contribution in [0.4, 0.5) is 11.5 Å². The van der Waals surface area contributed by atoms with Gasteiger partial charge in [-0.15, -0.1) is 0 Å². The van der Waals surface area contributed by atoms with Crippen LogP contribution in [-0.2, 0) is 13.0 Å². The minimum Gasteiger partial charge on any atom is -0.386 e. The maximum Gasteiger partial charge on any atom is 0.128 e. The first kappa shape index (κ1) is 24.1. The summed E-state index contributed by atoms with van der Waals surface area (Å²) in [6, 6.07) is 14.0.